The van der Waals surface area contributed by atoms with Crippen molar-refractivity contribution in [1.29, 1.82) is 0 Å². The van der Waals surface area contributed by atoms with Crippen molar-refractivity contribution >= 4 is 0 Å². The molecule has 2 nitrogen and oxygen atoms in total. The molecule has 0 amide bonds. The van der Waals surface area contributed by atoms with E-state index >= 15 is 0 Å². The van der Waals surface area contributed by atoms with Gasteiger partial charge in [0.1, 0.15) is 0 Å². The van der Waals surface area contributed by atoms with Crippen molar-refractivity contribution in [3.05, 3.63) is 0 Å². The molecule has 0 bridgehead atoms. The first kappa shape index (κ1) is 15.9. The molecule has 98 valence electrons. The summed E-state index contributed by atoms with van der Waals surface area (Å²) in [5, 5.41) is 3.48. The highest BCUT2D eigenvalue weighted by atomic mass is 16.5. The van der Waals surface area contributed by atoms with Crippen LogP contribution in [0, 0.1) is 11.8 Å². The van der Waals surface area contributed by atoms with Crippen LogP contribution >= 0.6 is 0 Å². The molecule has 0 fully saturated rings. The Bertz CT molecular complexity index is 132. The summed E-state index contributed by atoms with van der Waals surface area (Å²) in [6.45, 7) is 14.2. The third kappa shape index (κ3) is 10.4. The van der Waals surface area contributed by atoms with Crippen molar-refractivity contribution in [2.75, 3.05) is 19.7 Å². The van der Waals surface area contributed by atoms with Crippen LogP contribution in [0.5, 0.6) is 0 Å². The highest BCUT2D eigenvalue weighted by Crippen LogP contribution is 2.05. The Hall–Kier alpha value is -0.0800. The second-order valence-electron chi connectivity index (χ2n) is 5.52. The van der Waals surface area contributed by atoms with Crippen molar-refractivity contribution in [3.63, 3.8) is 0 Å². The molecule has 1 unspecified atom stereocenters. The van der Waals surface area contributed by atoms with Gasteiger partial charge in [-0.25, -0.2) is 0 Å². The molecule has 0 spiro atoms. The van der Waals surface area contributed by atoms with Crippen molar-refractivity contribution < 1.29 is 4.74 Å². The van der Waals surface area contributed by atoms with Gasteiger partial charge < -0.3 is 10.1 Å². The van der Waals surface area contributed by atoms with Gasteiger partial charge in [0, 0.05) is 13.2 Å². The van der Waals surface area contributed by atoms with Crippen LogP contribution in [0.25, 0.3) is 0 Å². The van der Waals surface area contributed by atoms with Crippen LogP contribution in [-0.4, -0.2) is 25.8 Å². The first-order valence-corrected chi connectivity index (χ1v) is 6.88. The molecular weight excluding hydrogens is 198 g/mol. The number of ether oxygens (including phenoxy) is 1. The van der Waals surface area contributed by atoms with Gasteiger partial charge in [0.05, 0.1) is 6.10 Å². The lowest BCUT2D eigenvalue weighted by atomic mass is 10.1. The van der Waals surface area contributed by atoms with E-state index in [-0.39, 0.29) is 0 Å². The summed E-state index contributed by atoms with van der Waals surface area (Å²) in [5.41, 5.74) is 0. The third-order valence-electron chi connectivity index (χ3n) is 2.58. The van der Waals surface area contributed by atoms with Gasteiger partial charge in [0.25, 0.3) is 0 Å². The smallest absolute Gasteiger partial charge is 0.0699 e. The molecule has 0 aliphatic heterocycles. The number of hydrogen-bond donors (Lipinski definition) is 1. The molecular formula is C14H31NO. The van der Waals surface area contributed by atoms with Crippen LogP contribution in [0.1, 0.15) is 53.9 Å². The minimum Gasteiger partial charge on any atom is -0.377 e. The van der Waals surface area contributed by atoms with E-state index in [1.165, 1.54) is 19.3 Å². The van der Waals surface area contributed by atoms with Crippen LogP contribution < -0.4 is 5.32 Å². The van der Waals surface area contributed by atoms with Crippen LogP contribution in [-0.2, 0) is 4.74 Å². The van der Waals surface area contributed by atoms with E-state index in [9.17, 15) is 0 Å². The van der Waals surface area contributed by atoms with Crippen LogP contribution in [0.4, 0.5) is 0 Å². The molecule has 0 rings (SSSR count). The van der Waals surface area contributed by atoms with E-state index in [2.05, 4.69) is 39.9 Å². The first-order chi connectivity index (χ1) is 7.56. The topological polar surface area (TPSA) is 21.3 Å². The van der Waals surface area contributed by atoms with Crippen LogP contribution in [0.15, 0.2) is 0 Å². The summed E-state index contributed by atoms with van der Waals surface area (Å²) >= 11 is 0. The molecule has 16 heavy (non-hydrogen) atoms. The first-order valence-electron chi connectivity index (χ1n) is 6.88. The van der Waals surface area contributed by atoms with Crippen LogP contribution in [0.2, 0.25) is 0 Å². The zero-order valence-electron chi connectivity index (χ0n) is 11.9. The molecule has 0 saturated heterocycles. The largest absolute Gasteiger partial charge is 0.377 e. The summed E-state index contributed by atoms with van der Waals surface area (Å²) < 4.78 is 5.91. The van der Waals surface area contributed by atoms with E-state index in [1.807, 2.05) is 0 Å². The van der Waals surface area contributed by atoms with Gasteiger partial charge in [0.15, 0.2) is 0 Å². The molecule has 0 heterocycles. The molecule has 0 aromatic rings. The summed E-state index contributed by atoms with van der Waals surface area (Å²) in [7, 11) is 0. The Morgan fingerprint density at radius 3 is 2.12 bits per heavy atom. The predicted octanol–water partition coefficient (Wildman–Crippen LogP) is 3.46. The maximum Gasteiger partial charge on any atom is 0.0699 e. The molecule has 0 radical (unpaired) electrons. The second kappa shape index (κ2) is 10.1. The highest BCUT2D eigenvalue weighted by Gasteiger charge is 2.08. The van der Waals surface area contributed by atoms with Crippen LogP contribution in [0.3, 0.4) is 0 Å². The van der Waals surface area contributed by atoms with E-state index in [4.69, 9.17) is 4.74 Å². The summed E-state index contributed by atoms with van der Waals surface area (Å²) in [4.78, 5) is 0. The Kier molecular flexibility index (Phi) is 10.0. The fourth-order valence-corrected chi connectivity index (χ4v) is 1.57. The molecule has 0 saturated carbocycles. The van der Waals surface area contributed by atoms with E-state index in [0.29, 0.717) is 6.10 Å². The number of hydrogen-bond acceptors (Lipinski definition) is 2. The second-order valence-corrected chi connectivity index (χ2v) is 5.52. The molecule has 0 aliphatic carbocycles. The SMILES string of the molecule is CCCC(CNCC(C)C)OCCC(C)C. The standard InChI is InChI=1S/C14H31NO/c1-6-7-14(11-15-10-13(4)5)16-9-8-12(2)3/h12-15H,6-11H2,1-5H3. The Labute approximate surface area is 102 Å². The van der Waals surface area contributed by atoms with Crippen molar-refractivity contribution in [2.24, 2.45) is 11.8 Å². The number of rotatable bonds is 10. The van der Waals surface area contributed by atoms with E-state index < -0.39 is 0 Å². The van der Waals surface area contributed by atoms with Gasteiger partial charge >= 0.3 is 0 Å². The maximum atomic E-state index is 5.91. The zero-order valence-corrected chi connectivity index (χ0v) is 11.9. The monoisotopic (exact) mass is 229 g/mol. The normalized spacial score (nSPS) is 13.7. The Morgan fingerprint density at radius 1 is 0.938 bits per heavy atom. The van der Waals surface area contributed by atoms with Crippen molar-refractivity contribution in [2.45, 2.75) is 60.0 Å². The highest BCUT2D eigenvalue weighted by molar-refractivity contribution is 4.62. The lowest BCUT2D eigenvalue weighted by Crippen LogP contribution is -2.31. The summed E-state index contributed by atoms with van der Waals surface area (Å²) in [6, 6.07) is 0. The van der Waals surface area contributed by atoms with Gasteiger partial charge in [-0.3, -0.25) is 0 Å². The lowest BCUT2D eigenvalue weighted by molar-refractivity contribution is 0.0404. The zero-order chi connectivity index (χ0) is 12.4. The van der Waals surface area contributed by atoms with Crippen molar-refractivity contribution in [1.82, 2.24) is 5.32 Å². The minimum absolute atomic E-state index is 0.405. The van der Waals surface area contributed by atoms with Gasteiger partial charge in [-0.1, -0.05) is 41.0 Å². The van der Waals surface area contributed by atoms with Gasteiger partial charge in [-0.2, -0.15) is 0 Å². The van der Waals surface area contributed by atoms with E-state index in [0.717, 1.165) is 31.5 Å². The minimum atomic E-state index is 0.405. The van der Waals surface area contributed by atoms with Gasteiger partial charge in [-0.05, 0) is 31.2 Å². The predicted molar refractivity (Wildman–Crippen MR) is 71.8 cm³/mol. The lowest BCUT2D eigenvalue weighted by Gasteiger charge is -2.19. The fraction of sp³-hybridized carbons (Fsp3) is 1.00. The maximum absolute atomic E-state index is 5.91. The molecule has 1 N–H and O–H groups in total. The molecule has 0 aromatic heterocycles. The third-order valence-corrected chi connectivity index (χ3v) is 2.58. The van der Waals surface area contributed by atoms with Gasteiger partial charge in [0.2, 0.25) is 0 Å². The fourth-order valence-electron chi connectivity index (χ4n) is 1.57. The number of nitrogens with one attached hydrogen (secondary N) is 1. The average Bonchev–Trinajstić information content (AvgIpc) is 2.16. The van der Waals surface area contributed by atoms with Crippen molar-refractivity contribution in [3.8, 4) is 0 Å². The van der Waals surface area contributed by atoms with E-state index in [1.54, 1.807) is 0 Å². The molecule has 0 aromatic carbocycles. The average molecular weight is 229 g/mol. The molecule has 1 atom stereocenters. The molecule has 2 heteroatoms. The quantitative estimate of drug-likeness (QED) is 0.619. The summed E-state index contributed by atoms with van der Waals surface area (Å²) in [5.74, 6) is 1.46. The van der Waals surface area contributed by atoms with Gasteiger partial charge in [-0.15, -0.1) is 0 Å². The molecule has 0 aliphatic rings. The Morgan fingerprint density at radius 2 is 1.62 bits per heavy atom. The Balaban J connectivity index is 3.61. The summed E-state index contributed by atoms with van der Waals surface area (Å²) in [6.07, 6.45) is 3.95.